The zero-order chi connectivity index (χ0) is 28.6. The maximum atomic E-state index is 13.2. The van der Waals surface area contributed by atoms with Gasteiger partial charge in [-0.3, -0.25) is 19.3 Å². The summed E-state index contributed by atoms with van der Waals surface area (Å²) < 4.78 is 28.8. The van der Waals surface area contributed by atoms with Crippen LogP contribution in [0.3, 0.4) is 0 Å². The number of anilines is 2. The van der Waals surface area contributed by atoms with E-state index in [1.165, 1.54) is 17.2 Å². The first-order chi connectivity index (χ1) is 19.1. The van der Waals surface area contributed by atoms with Gasteiger partial charge in [0.2, 0.25) is 5.43 Å². The van der Waals surface area contributed by atoms with Crippen molar-refractivity contribution >= 4 is 40.0 Å². The number of nitrogens with two attached hydrogens (primary N) is 1. The number of fused-ring (bicyclic) bond motifs is 1. The molecule has 0 fully saturated rings. The second-order valence-electron chi connectivity index (χ2n) is 9.07. The molecule has 0 aliphatic carbocycles. The Morgan fingerprint density at radius 3 is 2.48 bits per heavy atom. The minimum Gasteiger partial charge on any atom is -0.383 e. The van der Waals surface area contributed by atoms with Crippen LogP contribution in [0.1, 0.15) is 30.4 Å². The van der Waals surface area contributed by atoms with E-state index in [0.717, 1.165) is 4.68 Å². The molecule has 14 heteroatoms. The number of alkyl halides is 2. The number of amides is 1. The monoisotopic (exact) mass is 565 g/mol. The molecule has 5 aromatic rings. The Kier molecular flexibility index (Phi) is 7.22. The van der Waals surface area contributed by atoms with E-state index in [1.54, 1.807) is 42.6 Å². The number of nitrogen functional groups attached to an aromatic ring is 1. The first-order valence-corrected chi connectivity index (χ1v) is 12.4. The number of pyridine rings is 1. The van der Waals surface area contributed by atoms with Crippen molar-refractivity contribution in [2.24, 2.45) is 0 Å². The van der Waals surface area contributed by atoms with Crippen molar-refractivity contribution in [3.8, 4) is 22.5 Å². The van der Waals surface area contributed by atoms with Gasteiger partial charge in [0.05, 0.1) is 21.7 Å². The largest absolute Gasteiger partial charge is 0.383 e. The predicted molar refractivity (Wildman–Crippen MR) is 146 cm³/mol. The summed E-state index contributed by atoms with van der Waals surface area (Å²) in [6.45, 7) is 3.06. The number of halogens is 3. The molecule has 1 aromatic carbocycles. The first-order valence-electron chi connectivity index (χ1n) is 12.0. The molecule has 4 heterocycles. The third kappa shape index (κ3) is 5.23. The smallest absolute Gasteiger partial charge is 0.280 e. The van der Waals surface area contributed by atoms with Crippen molar-refractivity contribution in [3.63, 3.8) is 0 Å². The summed E-state index contributed by atoms with van der Waals surface area (Å²) >= 11 is 5.93. The topological polar surface area (TPSA) is 146 Å². The molecule has 0 saturated carbocycles. The molecule has 1 amide bonds. The number of nitrogens with zero attached hydrogens (tertiary/aromatic N) is 7. The lowest BCUT2D eigenvalue weighted by Crippen LogP contribution is -2.28. The van der Waals surface area contributed by atoms with E-state index in [1.807, 2.05) is 13.8 Å². The van der Waals surface area contributed by atoms with Gasteiger partial charge in [0.15, 0.2) is 11.3 Å². The van der Waals surface area contributed by atoms with Crippen LogP contribution in [0.15, 0.2) is 59.9 Å². The molecule has 0 unspecified atom stereocenters. The highest BCUT2D eigenvalue weighted by Crippen LogP contribution is 2.31. The van der Waals surface area contributed by atoms with E-state index in [4.69, 9.17) is 17.3 Å². The van der Waals surface area contributed by atoms with Gasteiger partial charge >= 0.3 is 0 Å². The minimum atomic E-state index is -2.65. The van der Waals surface area contributed by atoms with Gasteiger partial charge in [0.1, 0.15) is 24.4 Å². The standard InChI is InChI=1S/C26H22ClF2N9O2/c1-13(2)37-10-17(18-8-5-15(27)9-31-18)23(39)22(36-37)26(40)34-16-6-3-14(4-7-16)21-20-24(30)32-12-33-25(20)38(35-21)11-19(28)29/h3-10,12-13,19H,11H2,1-2H3,(H,34,40)(H2,30,32,33). The van der Waals surface area contributed by atoms with E-state index >= 15 is 0 Å². The van der Waals surface area contributed by atoms with Crippen molar-refractivity contribution in [1.29, 1.82) is 0 Å². The van der Waals surface area contributed by atoms with Crippen LogP contribution in [0.25, 0.3) is 33.5 Å². The lowest BCUT2D eigenvalue weighted by Gasteiger charge is -2.13. The molecule has 0 aliphatic heterocycles. The second-order valence-corrected chi connectivity index (χ2v) is 9.50. The summed E-state index contributed by atoms with van der Waals surface area (Å²) in [5, 5.41) is 12.0. The summed E-state index contributed by atoms with van der Waals surface area (Å²) in [6.07, 6.45) is 1.50. The van der Waals surface area contributed by atoms with E-state index in [-0.39, 0.29) is 28.8 Å². The Hall–Kier alpha value is -4.78. The van der Waals surface area contributed by atoms with Crippen LogP contribution in [0.4, 0.5) is 20.3 Å². The molecular weight excluding hydrogens is 544 g/mol. The van der Waals surface area contributed by atoms with Gasteiger partial charge in [0.25, 0.3) is 12.3 Å². The van der Waals surface area contributed by atoms with Gasteiger partial charge in [-0.2, -0.15) is 10.2 Å². The average Bonchev–Trinajstić information content (AvgIpc) is 3.28. The van der Waals surface area contributed by atoms with E-state index in [0.29, 0.717) is 33.0 Å². The quantitative estimate of drug-likeness (QED) is 0.294. The normalized spacial score (nSPS) is 11.5. The maximum Gasteiger partial charge on any atom is 0.280 e. The van der Waals surface area contributed by atoms with E-state index in [9.17, 15) is 18.4 Å². The molecule has 0 saturated heterocycles. The van der Waals surface area contributed by atoms with Gasteiger partial charge in [-0.25, -0.2) is 23.4 Å². The molecule has 0 radical (unpaired) electrons. The van der Waals surface area contributed by atoms with Crippen molar-refractivity contribution in [2.75, 3.05) is 11.1 Å². The highest BCUT2D eigenvalue weighted by atomic mass is 35.5. The second kappa shape index (κ2) is 10.8. The van der Waals surface area contributed by atoms with Gasteiger partial charge in [0, 0.05) is 29.7 Å². The molecule has 0 bridgehead atoms. The molecule has 4 aromatic heterocycles. The Bertz CT molecular complexity index is 1770. The molecule has 0 aliphatic rings. The fourth-order valence-corrected chi connectivity index (χ4v) is 4.14. The van der Waals surface area contributed by atoms with Crippen LogP contribution in [0, 0.1) is 0 Å². The number of carbonyl (C=O) groups is 1. The van der Waals surface area contributed by atoms with Crippen LogP contribution in [0.2, 0.25) is 5.02 Å². The van der Waals surface area contributed by atoms with Crippen LogP contribution in [-0.4, -0.2) is 46.8 Å². The summed E-state index contributed by atoms with van der Waals surface area (Å²) in [6, 6.07) is 9.47. The molecule has 0 atom stereocenters. The third-order valence-electron chi connectivity index (χ3n) is 5.97. The molecule has 204 valence electrons. The fourth-order valence-electron chi connectivity index (χ4n) is 4.03. The Balaban J connectivity index is 1.47. The Morgan fingerprint density at radius 1 is 1.07 bits per heavy atom. The zero-order valence-electron chi connectivity index (χ0n) is 21.2. The summed E-state index contributed by atoms with van der Waals surface area (Å²) in [5.74, 6) is -0.618. The van der Waals surface area contributed by atoms with E-state index in [2.05, 4.69) is 30.5 Å². The Labute approximate surface area is 230 Å². The molecule has 5 rings (SSSR count). The third-order valence-corrected chi connectivity index (χ3v) is 6.19. The van der Waals surface area contributed by atoms with Crippen molar-refractivity contribution in [1.82, 2.24) is 34.5 Å². The summed E-state index contributed by atoms with van der Waals surface area (Å²) in [7, 11) is 0. The number of aromatic nitrogens is 7. The lowest BCUT2D eigenvalue weighted by molar-refractivity contribution is 0.101. The molecule has 11 nitrogen and oxygen atoms in total. The fraction of sp³-hybridized carbons (Fsp3) is 0.192. The van der Waals surface area contributed by atoms with Crippen molar-refractivity contribution < 1.29 is 13.6 Å². The predicted octanol–water partition coefficient (Wildman–Crippen LogP) is 4.45. The number of hydrogen-bond donors (Lipinski definition) is 2. The van der Waals surface area contributed by atoms with Crippen LogP contribution >= 0.6 is 11.6 Å². The SMILES string of the molecule is CC(C)n1cc(-c2ccc(Cl)cn2)c(=O)c(C(=O)Nc2ccc(-c3nn(CC(F)F)c4ncnc(N)c34)cc2)n1. The zero-order valence-corrected chi connectivity index (χ0v) is 22.0. The van der Waals surface area contributed by atoms with Crippen molar-refractivity contribution in [2.45, 2.75) is 32.9 Å². The maximum absolute atomic E-state index is 13.2. The first kappa shape index (κ1) is 26.8. The van der Waals surface area contributed by atoms with Crippen LogP contribution in [0.5, 0.6) is 0 Å². The molecule has 0 spiro atoms. The van der Waals surface area contributed by atoms with Gasteiger partial charge in [-0.1, -0.05) is 23.7 Å². The summed E-state index contributed by atoms with van der Waals surface area (Å²) in [4.78, 5) is 38.6. The highest BCUT2D eigenvalue weighted by Gasteiger charge is 2.21. The molecule has 3 N–H and O–H groups in total. The van der Waals surface area contributed by atoms with Gasteiger partial charge in [-0.15, -0.1) is 0 Å². The molecular formula is C26H22ClF2N9O2. The Morgan fingerprint density at radius 2 is 1.82 bits per heavy atom. The number of carbonyl (C=O) groups excluding carboxylic acids is 1. The number of hydrogen-bond acceptors (Lipinski definition) is 8. The minimum absolute atomic E-state index is 0.0976. The number of rotatable bonds is 7. The average molecular weight is 566 g/mol. The van der Waals surface area contributed by atoms with E-state index < -0.39 is 24.3 Å². The summed E-state index contributed by atoms with van der Waals surface area (Å²) in [5.41, 5.74) is 7.06. The lowest BCUT2D eigenvalue weighted by atomic mass is 10.1. The highest BCUT2D eigenvalue weighted by molar-refractivity contribution is 6.30. The van der Waals surface area contributed by atoms with Crippen LogP contribution < -0.4 is 16.5 Å². The number of nitrogens with one attached hydrogen (secondary N) is 1. The van der Waals surface area contributed by atoms with Gasteiger partial charge < -0.3 is 11.1 Å². The molecule has 40 heavy (non-hydrogen) atoms. The van der Waals surface area contributed by atoms with Gasteiger partial charge in [-0.05, 0) is 38.1 Å². The number of benzene rings is 1. The van der Waals surface area contributed by atoms with Crippen LogP contribution in [-0.2, 0) is 6.54 Å². The van der Waals surface area contributed by atoms with Crippen molar-refractivity contribution in [3.05, 3.63) is 76.1 Å².